The number of thiazole rings is 1. The molecule has 0 radical (unpaired) electrons. The third-order valence-electron chi connectivity index (χ3n) is 6.38. The highest BCUT2D eigenvalue weighted by molar-refractivity contribution is 7.79. The van der Waals surface area contributed by atoms with Crippen LogP contribution in [0.15, 0.2) is 58.8 Å². The lowest BCUT2D eigenvalue weighted by molar-refractivity contribution is 0.0691. The number of benzene rings is 2. The molecule has 1 saturated carbocycles. The summed E-state index contributed by atoms with van der Waals surface area (Å²) in [7, 11) is 0. The van der Waals surface area contributed by atoms with Gasteiger partial charge >= 0.3 is 5.97 Å². The highest BCUT2D eigenvalue weighted by atomic mass is 32.2. The molecule has 1 fully saturated rings. The minimum Gasteiger partial charge on any atom is -0.476 e. The Balaban J connectivity index is 1.70. The summed E-state index contributed by atoms with van der Waals surface area (Å²) in [6, 6.07) is 8.54. The van der Waals surface area contributed by atoms with Gasteiger partial charge in [0.15, 0.2) is 16.8 Å². The predicted octanol–water partition coefficient (Wildman–Crippen LogP) is 6.02. The van der Waals surface area contributed by atoms with Gasteiger partial charge in [0, 0.05) is 22.9 Å². The first-order chi connectivity index (χ1) is 19.1. The van der Waals surface area contributed by atoms with E-state index in [2.05, 4.69) is 23.4 Å². The van der Waals surface area contributed by atoms with Crippen LogP contribution in [-0.4, -0.2) is 34.6 Å². The Bertz CT molecular complexity index is 1750. The van der Waals surface area contributed by atoms with Crippen LogP contribution < -0.4 is 0 Å². The molecule has 204 valence electrons. The molecule has 2 N–H and O–H groups in total. The van der Waals surface area contributed by atoms with E-state index in [9.17, 15) is 27.4 Å². The van der Waals surface area contributed by atoms with Crippen molar-refractivity contribution in [1.82, 2.24) is 14.8 Å². The van der Waals surface area contributed by atoms with Gasteiger partial charge in [-0.05, 0) is 73.6 Å². The summed E-state index contributed by atoms with van der Waals surface area (Å²) in [5, 5.41) is 16.1. The Morgan fingerprint density at radius 2 is 2.00 bits per heavy atom. The summed E-state index contributed by atoms with van der Waals surface area (Å²) in [5.41, 5.74) is 3.77. The zero-order valence-electron chi connectivity index (χ0n) is 21.3. The zero-order valence-corrected chi connectivity index (χ0v) is 22.9. The van der Waals surface area contributed by atoms with Crippen molar-refractivity contribution in [2.24, 2.45) is 5.92 Å². The van der Waals surface area contributed by atoms with Crippen molar-refractivity contribution in [2.75, 3.05) is 0 Å². The fourth-order valence-electron chi connectivity index (χ4n) is 4.27. The number of halogens is 2. The number of nitrogens with zero attached hydrogens (tertiary/aromatic N) is 3. The van der Waals surface area contributed by atoms with Gasteiger partial charge in [-0.2, -0.15) is 5.10 Å². The van der Waals surface area contributed by atoms with E-state index in [0.29, 0.717) is 39.9 Å². The summed E-state index contributed by atoms with van der Waals surface area (Å²) in [5.74, 6) is 3.52. The third kappa shape index (κ3) is 5.94. The number of aromatic nitrogens is 3. The van der Waals surface area contributed by atoms with Gasteiger partial charge in [0.1, 0.15) is 16.5 Å². The molecule has 4 aromatic rings. The Morgan fingerprint density at radius 3 is 2.62 bits per heavy atom. The number of rotatable bonds is 8. The Labute approximate surface area is 235 Å². The third-order valence-corrected chi connectivity index (χ3v) is 7.90. The lowest BCUT2D eigenvalue weighted by Gasteiger charge is -2.10. The van der Waals surface area contributed by atoms with Crippen LogP contribution in [-0.2, 0) is 23.9 Å². The monoisotopic (exact) mass is 579 g/mol. The zero-order chi connectivity index (χ0) is 28.6. The average Bonchev–Trinajstić information content (AvgIpc) is 3.46. The number of carboxylic acid groups (broad SMARTS) is 1. The maximum atomic E-state index is 14.6. The minimum atomic E-state index is -2.47. The van der Waals surface area contributed by atoms with E-state index in [4.69, 9.17) is 5.10 Å². The lowest BCUT2D eigenvalue weighted by Crippen LogP contribution is -2.06. The fraction of sp³-hybridized carbons (Fsp3) is 0.207. The maximum Gasteiger partial charge on any atom is 0.355 e. The fourth-order valence-corrected chi connectivity index (χ4v) is 5.45. The van der Waals surface area contributed by atoms with Crippen molar-refractivity contribution < 1.29 is 27.4 Å². The molecular formula is C29H23F2N3O4S2. The number of carboxylic acids is 1. The standard InChI is InChI=1S/C29H23F2N3O4S2/c1-16(2)3-7-19-14-20(8-9-22(19)30)27-21(11-18-6-10-26(40(37)38)23(31)12-18)25(13-17-4-5-17)34(33-27)29-32-24(15-39-29)28(35)36/h6,8-10,12,14-15,17H,1,4-5,11,13H2,2H3,(H,35,36)(H,37,38). The van der Waals surface area contributed by atoms with Gasteiger partial charge in [0.2, 0.25) is 5.13 Å². The van der Waals surface area contributed by atoms with E-state index < -0.39 is 28.7 Å². The average molecular weight is 580 g/mol. The van der Waals surface area contributed by atoms with E-state index in [0.717, 1.165) is 35.4 Å². The summed E-state index contributed by atoms with van der Waals surface area (Å²) in [4.78, 5) is 15.5. The Kier molecular flexibility index (Phi) is 7.76. The van der Waals surface area contributed by atoms with Gasteiger partial charge in [-0.15, -0.1) is 11.3 Å². The second kappa shape index (κ2) is 11.3. The van der Waals surface area contributed by atoms with E-state index in [1.54, 1.807) is 29.8 Å². The van der Waals surface area contributed by atoms with Crippen molar-refractivity contribution in [3.63, 3.8) is 0 Å². The van der Waals surface area contributed by atoms with Crippen LogP contribution in [0, 0.1) is 29.4 Å². The highest BCUT2D eigenvalue weighted by Gasteiger charge is 2.29. The van der Waals surface area contributed by atoms with Gasteiger partial charge in [-0.25, -0.2) is 27.5 Å². The van der Waals surface area contributed by atoms with Crippen LogP contribution in [0.2, 0.25) is 0 Å². The largest absolute Gasteiger partial charge is 0.476 e. The second-order valence-corrected chi connectivity index (χ2v) is 11.3. The first-order valence-corrected chi connectivity index (χ1v) is 14.3. The highest BCUT2D eigenvalue weighted by Crippen LogP contribution is 2.38. The SMILES string of the molecule is C=C(C)C#Cc1cc(-c2nn(-c3nc(C(=O)O)cs3)c(CC3CC3)c2Cc2ccc(S(=O)O)c(F)c2)ccc1F. The van der Waals surface area contributed by atoms with Crippen LogP contribution in [0.1, 0.15) is 52.6 Å². The molecule has 40 heavy (non-hydrogen) atoms. The molecule has 1 unspecified atom stereocenters. The molecule has 5 rings (SSSR count). The number of hydrogen-bond acceptors (Lipinski definition) is 5. The van der Waals surface area contributed by atoms with Crippen molar-refractivity contribution >= 4 is 28.4 Å². The van der Waals surface area contributed by atoms with E-state index in [1.807, 2.05) is 0 Å². The van der Waals surface area contributed by atoms with E-state index >= 15 is 0 Å². The molecule has 2 aromatic heterocycles. The number of carbonyl (C=O) groups is 1. The van der Waals surface area contributed by atoms with Gasteiger partial charge in [0.25, 0.3) is 0 Å². The molecule has 0 amide bonds. The van der Waals surface area contributed by atoms with Crippen LogP contribution in [0.25, 0.3) is 16.4 Å². The van der Waals surface area contributed by atoms with Crippen molar-refractivity contribution in [2.45, 2.75) is 37.5 Å². The molecule has 0 aliphatic heterocycles. The number of hydrogen-bond donors (Lipinski definition) is 2. The Morgan fingerprint density at radius 1 is 1.23 bits per heavy atom. The summed E-state index contributed by atoms with van der Waals surface area (Å²) >= 11 is -1.33. The van der Waals surface area contributed by atoms with E-state index in [-0.39, 0.29) is 22.6 Å². The maximum absolute atomic E-state index is 14.6. The van der Waals surface area contributed by atoms with Crippen LogP contribution >= 0.6 is 11.3 Å². The first kappa shape index (κ1) is 27.6. The molecule has 0 saturated heterocycles. The molecule has 7 nitrogen and oxygen atoms in total. The normalized spacial score (nSPS) is 13.5. The van der Waals surface area contributed by atoms with Gasteiger partial charge in [0.05, 0.1) is 17.0 Å². The lowest BCUT2D eigenvalue weighted by atomic mass is 9.96. The van der Waals surface area contributed by atoms with Crippen LogP contribution in [0.5, 0.6) is 0 Å². The quantitative estimate of drug-likeness (QED) is 0.195. The second-order valence-electron chi connectivity index (χ2n) is 9.57. The van der Waals surface area contributed by atoms with Crippen molar-refractivity contribution in [1.29, 1.82) is 0 Å². The van der Waals surface area contributed by atoms with Crippen LogP contribution in [0.4, 0.5) is 8.78 Å². The summed E-state index contributed by atoms with van der Waals surface area (Å²) < 4.78 is 51.7. The molecule has 2 heterocycles. The molecule has 2 aromatic carbocycles. The van der Waals surface area contributed by atoms with Crippen LogP contribution in [0.3, 0.4) is 0 Å². The Hall–Kier alpha value is -3.98. The molecule has 1 aliphatic carbocycles. The number of allylic oxidation sites excluding steroid dienone is 1. The molecular weight excluding hydrogens is 556 g/mol. The molecule has 1 atom stereocenters. The van der Waals surface area contributed by atoms with E-state index in [1.165, 1.54) is 23.6 Å². The number of aromatic carboxylic acids is 1. The molecule has 0 spiro atoms. The molecule has 11 heteroatoms. The van der Waals surface area contributed by atoms with Gasteiger partial charge in [-0.3, -0.25) is 0 Å². The molecule has 0 bridgehead atoms. The van der Waals surface area contributed by atoms with Crippen molar-refractivity contribution in [3.8, 4) is 28.2 Å². The predicted molar refractivity (Wildman–Crippen MR) is 148 cm³/mol. The topological polar surface area (TPSA) is 105 Å². The summed E-state index contributed by atoms with van der Waals surface area (Å²) in [6.45, 7) is 5.45. The first-order valence-electron chi connectivity index (χ1n) is 12.3. The van der Waals surface area contributed by atoms with Gasteiger partial charge in [-0.1, -0.05) is 24.5 Å². The van der Waals surface area contributed by atoms with Gasteiger partial charge < -0.3 is 9.66 Å². The smallest absolute Gasteiger partial charge is 0.355 e. The molecule has 1 aliphatic rings. The minimum absolute atomic E-state index is 0.107. The summed E-state index contributed by atoms with van der Waals surface area (Å²) in [6.07, 6.45) is 2.91. The van der Waals surface area contributed by atoms with Crippen molar-refractivity contribution in [3.05, 3.63) is 93.6 Å².